The second-order valence-corrected chi connectivity index (χ2v) is 9.47. The van der Waals surface area contributed by atoms with Crippen molar-refractivity contribution >= 4 is 41.5 Å². The molecule has 5 amide bonds. The number of hydrogen-bond acceptors (Lipinski definition) is 9. The molecule has 0 bridgehead atoms. The fourth-order valence-electron chi connectivity index (χ4n) is 3.65. The summed E-state index contributed by atoms with van der Waals surface area (Å²) in [6, 6.07) is -4.33. The van der Waals surface area contributed by atoms with E-state index < -0.39 is 91.2 Å². The van der Waals surface area contributed by atoms with Crippen molar-refractivity contribution in [2.24, 2.45) is 23.3 Å². The minimum Gasteiger partial charge on any atom is -0.481 e. The van der Waals surface area contributed by atoms with E-state index in [1.165, 1.54) is 5.48 Å². The summed E-state index contributed by atoms with van der Waals surface area (Å²) in [5.41, 5.74) is 12.2. The maximum absolute atomic E-state index is 13.0. The molecule has 0 aliphatic carbocycles. The average molecular weight is 561 g/mol. The molecule has 0 saturated carbocycles. The summed E-state index contributed by atoms with van der Waals surface area (Å²) in [5, 5.41) is 34.0. The molecule has 39 heavy (non-hydrogen) atoms. The van der Waals surface area contributed by atoms with E-state index in [-0.39, 0.29) is 18.8 Å². The van der Waals surface area contributed by atoms with Gasteiger partial charge in [0.1, 0.15) is 18.1 Å². The number of carbonyl (C=O) groups is 7. The highest BCUT2D eigenvalue weighted by atomic mass is 16.5. The molecule has 0 spiro atoms. The maximum Gasteiger partial charge on any atom is 0.305 e. The van der Waals surface area contributed by atoms with Gasteiger partial charge in [0.15, 0.2) is 0 Å². The van der Waals surface area contributed by atoms with E-state index in [1.54, 1.807) is 13.8 Å². The Morgan fingerprint density at radius 1 is 0.744 bits per heavy atom. The number of unbranched alkanes of at least 4 members (excludes halogenated alkanes) is 1. The zero-order valence-corrected chi connectivity index (χ0v) is 22.1. The van der Waals surface area contributed by atoms with E-state index in [0.717, 1.165) is 0 Å². The molecule has 11 N–H and O–H groups in total. The summed E-state index contributed by atoms with van der Waals surface area (Å²) in [6.45, 7) is 3.87. The minimum absolute atomic E-state index is 0.0776. The van der Waals surface area contributed by atoms with Crippen molar-refractivity contribution in [2.75, 3.05) is 6.54 Å². The van der Waals surface area contributed by atoms with E-state index >= 15 is 0 Å². The molecule has 0 aromatic heterocycles. The zero-order valence-electron chi connectivity index (χ0n) is 22.1. The highest BCUT2D eigenvalue weighted by Gasteiger charge is 2.32. The van der Waals surface area contributed by atoms with Gasteiger partial charge < -0.3 is 37.6 Å². The van der Waals surface area contributed by atoms with Gasteiger partial charge in [-0.15, -0.1) is 0 Å². The lowest BCUT2D eigenvalue weighted by Crippen LogP contribution is -2.57. The Hall–Kier alpha value is -3.79. The molecule has 0 saturated heterocycles. The topological polar surface area (TPSA) is 280 Å². The Morgan fingerprint density at radius 2 is 1.31 bits per heavy atom. The van der Waals surface area contributed by atoms with Gasteiger partial charge in [-0.1, -0.05) is 13.8 Å². The number of aliphatic carboxylic acids is 2. The summed E-state index contributed by atoms with van der Waals surface area (Å²) in [7, 11) is 0. The highest BCUT2D eigenvalue weighted by molar-refractivity contribution is 5.96. The average Bonchev–Trinajstić information content (AvgIpc) is 2.83. The first-order valence-corrected chi connectivity index (χ1v) is 12.5. The number of hydrogen-bond donors (Lipinski definition) is 9. The van der Waals surface area contributed by atoms with Crippen LogP contribution in [0.4, 0.5) is 0 Å². The van der Waals surface area contributed by atoms with E-state index in [9.17, 15) is 38.7 Å². The minimum atomic E-state index is -1.70. The van der Waals surface area contributed by atoms with Crippen LogP contribution in [0.15, 0.2) is 0 Å². The number of carboxylic acid groups (broad SMARTS) is 2. The van der Waals surface area contributed by atoms with Gasteiger partial charge in [-0.3, -0.25) is 38.8 Å². The van der Waals surface area contributed by atoms with Crippen LogP contribution in [0.1, 0.15) is 65.2 Å². The van der Waals surface area contributed by atoms with Gasteiger partial charge in [0.05, 0.1) is 6.42 Å². The van der Waals surface area contributed by atoms with Crippen LogP contribution in [0.25, 0.3) is 0 Å². The molecule has 0 unspecified atom stereocenters. The summed E-state index contributed by atoms with van der Waals surface area (Å²) in [5.74, 6) is -8.45. The van der Waals surface area contributed by atoms with Crippen LogP contribution in [0.2, 0.25) is 0 Å². The Labute approximate surface area is 225 Å². The number of carboxylic acids is 2. The molecule has 0 radical (unpaired) electrons. The van der Waals surface area contributed by atoms with Gasteiger partial charge in [-0.2, -0.15) is 0 Å². The molecular formula is C23H40N6O10. The predicted molar refractivity (Wildman–Crippen MR) is 135 cm³/mol. The standard InChI is InChI=1S/C23H40N6O10/c1-12(2)9-13(10-17(30)29-39)21(36)28-16(11-19(33)34)23(38)27-15(6-7-18(31)32)22(37)26-14(20(25)35)5-3-4-8-24/h12-16,39H,3-11,24H2,1-2H3,(H2,25,35)(H,26,37)(H,27,38)(H,28,36)(H,29,30)(H,31,32)(H,33,34)/t13-,14+,15+,16+/m1/s1. The first kappa shape index (κ1) is 35.2. The SMILES string of the molecule is CC(C)C[C@H](CC(=O)NO)C(=O)N[C@@H](CC(=O)O)C(=O)N[C@@H](CCC(=O)O)C(=O)N[C@@H](CCCCN)C(N)=O. The number of carbonyl (C=O) groups excluding carboxylic acids is 5. The fraction of sp³-hybridized carbons (Fsp3) is 0.696. The van der Waals surface area contributed by atoms with Gasteiger partial charge in [0.2, 0.25) is 29.5 Å². The molecule has 222 valence electrons. The van der Waals surface area contributed by atoms with Crippen molar-refractivity contribution in [3.63, 3.8) is 0 Å². The third-order valence-corrected chi connectivity index (χ3v) is 5.58. The maximum atomic E-state index is 13.0. The first-order valence-electron chi connectivity index (χ1n) is 12.5. The number of nitrogens with two attached hydrogens (primary N) is 2. The van der Waals surface area contributed by atoms with Gasteiger partial charge in [-0.05, 0) is 44.6 Å². The second-order valence-electron chi connectivity index (χ2n) is 9.47. The van der Waals surface area contributed by atoms with Crippen LogP contribution in [0, 0.1) is 11.8 Å². The Kier molecular flexibility index (Phi) is 16.7. The molecule has 0 heterocycles. The van der Waals surface area contributed by atoms with Crippen molar-refractivity contribution in [3.05, 3.63) is 0 Å². The van der Waals surface area contributed by atoms with Crippen molar-refractivity contribution in [2.45, 2.75) is 83.3 Å². The van der Waals surface area contributed by atoms with Gasteiger partial charge >= 0.3 is 11.9 Å². The number of nitrogens with one attached hydrogen (secondary N) is 4. The molecule has 16 heteroatoms. The van der Waals surface area contributed by atoms with E-state index in [2.05, 4.69) is 16.0 Å². The molecule has 16 nitrogen and oxygen atoms in total. The second kappa shape index (κ2) is 18.5. The van der Waals surface area contributed by atoms with E-state index in [1.807, 2.05) is 0 Å². The van der Waals surface area contributed by atoms with Crippen molar-refractivity contribution < 1.29 is 49.0 Å². The third-order valence-electron chi connectivity index (χ3n) is 5.58. The number of hydroxylamine groups is 1. The van der Waals surface area contributed by atoms with Crippen LogP contribution >= 0.6 is 0 Å². The summed E-state index contributed by atoms with van der Waals surface area (Å²) in [4.78, 5) is 84.6. The summed E-state index contributed by atoms with van der Waals surface area (Å²) < 4.78 is 0. The summed E-state index contributed by atoms with van der Waals surface area (Å²) in [6.07, 6.45) is -0.991. The number of rotatable bonds is 20. The summed E-state index contributed by atoms with van der Waals surface area (Å²) >= 11 is 0. The molecule has 0 fully saturated rings. The van der Waals surface area contributed by atoms with Gasteiger partial charge in [-0.25, -0.2) is 5.48 Å². The molecule has 0 aromatic rings. The lowest BCUT2D eigenvalue weighted by atomic mass is 9.92. The van der Waals surface area contributed by atoms with Crippen molar-refractivity contribution in [1.29, 1.82) is 0 Å². The van der Waals surface area contributed by atoms with E-state index in [4.69, 9.17) is 21.8 Å². The molecule has 4 atom stereocenters. The first-order chi connectivity index (χ1) is 18.2. The lowest BCUT2D eigenvalue weighted by molar-refractivity contribution is -0.142. The van der Waals surface area contributed by atoms with Crippen LogP contribution in [-0.4, -0.2) is 81.6 Å². The number of primary amides is 1. The highest BCUT2D eigenvalue weighted by Crippen LogP contribution is 2.16. The third kappa shape index (κ3) is 15.3. The zero-order chi connectivity index (χ0) is 30.1. The van der Waals surface area contributed by atoms with E-state index in [0.29, 0.717) is 19.4 Å². The number of amides is 5. The van der Waals surface area contributed by atoms with Crippen LogP contribution < -0.4 is 32.9 Å². The molecule has 0 aliphatic rings. The molecular weight excluding hydrogens is 520 g/mol. The van der Waals surface area contributed by atoms with Crippen LogP contribution in [0.3, 0.4) is 0 Å². The Morgan fingerprint density at radius 3 is 1.79 bits per heavy atom. The van der Waals surface area contributed by atoms with Gasteiger partial charge in [0, 0.05) is 18.8 Å². The van der Waals surface area contributed by atoms with Crippen molar-refractivity contribution in [3.8, 4) is 0 Å². The Balaban J connectivity index is 5.79. The van der Waals surface area contributed by atoms with Gasteiger partial charge in [0.25, 0.3) is 0 Å². The fourth-order valence-corrected chi connectivity index (χ4v) is 3.65. The smallest absolute Gasteiger partial charge is 0.305 e. The predicted octanol–water partition coefficient (Wildman–Crippen LogP) is -2.05. The molecule has 0 rings (SSSR count). The van der Waals surface area contributed by atoms with Crippen LogP contribution in [0.5, 0.6) is 0 Å². The largest absolute Gasteiger partial charge is 0.481 e. The van der Waals surface area contributed by atoms with Crippen LogP contribution in [-0.2, 0) is 33.6 Å². The lowest BCUT2D eigenvalue weighted by Gasteiger charge is -2.25. The van der Waals surface area contributed by atoms with Crippen molar-refractivity contribution in [1.82, 2.24) is 21.4 Å². The normalized spacial score (nSPS) is 13.9. The monoisotopic (exact) mass is 560 g/mol. The molecule has 0 aliphatic heterocycles. The quantitative estimate of drug-likeness (QED) is 0.0444. The Bertz CT molecular complexity index is 881. The molecule has 0 aromatic carbocycles.